The van der Waals surface area contributed by atoms with E-state index in [0.717, 1.165) is 31.6 Å². The average molecular weight is 356 g/mol. The second-order valence-electron chi connectivity index (χ2n) is 6.65. The molecule has 1 aromatic carbocycles. The fourth-order valence-corrected chi connectivity index (χ4v) is 3.29. The van der Waals surface area contributed by atoms with Crippen LogP contribution in [0.5, 0.6) is 0 Å². The number of carbonyl (C=O) groups excluding carboxylic acids is 3. The van der Waals surface area contributed by atoms with E-state index in [1.54, 1.807) is 5.01 Å². The SMILES string of the molecule is CC(=O)C1CC(C(=O)NCCC(=O)N2CCCC2)=NN1c1ccccc1. The van der Waals surface area contributed by atoms with E-state index in [0.29, 0.717) is 5.71 Å². The Bertz CT molecular complexity index is 711. The van der Waals surface area contributed by atoms with Crippen LogP contribution in [0.4, 0.5) is 5.69 Å². The second-order valence-corrected chi connectivity index (χ2v) is 6.65. The maximum atomic E-state index is 12.4. The van der Waals surface area contributed by atoms with Gasteiger partial charge in [0, 0.05) is 32.5 Å². The number of hydrazone groups is 1. The summed E-state index contributed by atoms with van der Waals surface area (Å²) in [6.45, 7) is 3.41. The number of anilines is 1. The number of benzene rings is 1. The van der Waals surface area contributed by atoms with Gasteiger partial charge in [0.1, 0.15) is 11.8 Å². The zero-order chi connectivity index (χ0) is 18.5. The Hall–Kier alpha value is -2.70. The number of nitrogens with zero attached hydrogens (tertiary/aromatic N) is 3. The van der Waals surface area contributed by atoms with Crippen molar-refractivity contribution in [3.63, 3.8) is 0 Å². The Kier molecular flexibility index (Phi) is 5.65. The Morgan fingerprint density at radius 2 is 1.85 bits per heavy atom. The van der Waals surface area contributed by atoms with Gasteiger partial charge in [0.25, 0.3) is 5.91 Å². The molecule has 0 spiro atoms. The van der Waals surface area contributed by atoms with Crippen LogP contribution in [0.1, 0.15) is 32.6 Å². The normalized spacial score (nSPS) is 19.4. The first kappa shape index (κ1) is 18.1. The highest BCUT2D eigenvalue weighted by molar-refractivity contribution is 6.40. The first-order chi connectivity index (χ1) is 12.6. The van der Waals surface area contributed by atoms with Gasteiger partial charge in [-0.1, -0.05) is 18.2 Å². The number of amides is 2. The monoisotopic (exact) mass is 356 g/mol. The van der Waals surface area contributed by atoms with E-state index in [1.807, 2.05) is 35.2 Å². The van der Waals surface area contributed by atoms with Crippen LogP contribution in [0, 0.1) is 0 Å². The molecule has 2 heterocycles. The molecule has 1 atom stereocenters. The number of likely N-dealkylation sites (tertiary alicyclic amines) is 1. The summed E-state index contributed by atoms with van der Waals surface area (Å²) in [4.78, 5) is 38.2. The predicted octanol–water partition coefficient (Wildman–Crippen LogP) is 1.34. The van der Waals surface area contributed by atoms with Gasteiger partial charge in [-0.05, 0) is 31.9 Å². The van der Waals surface area contributed by atoms with Crippen molar-refractivity contribution in [2.45, 2.75) is 38.6 Å². The molecule has 2 aliphatic heterocycles. The summed E-state index contributed by atoms with van der Waals surface area (Å²) in [5.74, 6) is -0.280. The largest absolute Gasteiger partial charge is 0.350 e. The fraction of sp³-hybridized carbons (Fsp3) is 0.474. The van der Waals surface area contributed by atoms with Gasteiger partial charge < -0.3 is 10.2 Å². The van der Waals surface area contributed by atoms with Gasteiger partial charge in [0.15, 0.2) is 5.78 Å². The van der Waals surface area contributed by atoms with Crippen LogP contribution in [0.3, 0.4) is 0 Å². The molecule has 1 N–H and O–H groups in total. The standard InChI is InChI=1S/C19H24N4O3/c1-14(24)17-13-16(21-23(17)15-7-3-2-4-8-15)19(26)20-10-9-18(25)22-11-5-6-12-22/h2-4,7-8,17H,5-6,9-13H2,1H3,(H,20,26). The molecule has 1 fully saturated rings. The highest BCUT2D eigenvalue weighted by Crippen LogP contribution is 2.24. The smallest absolute Gasteiger partial charge is 0.267 e. The summed E-state index contributed by atoms with van der Waals surface area (Å²) in [5, 5.41) is 8.72. The van der Waals surface area contributed by atoms with Crippen LogP contribution < -0.4 is 10.3 Å². The number of para-hydroxylation sites is 1. The van der Waals surface area contributed by atoms with Gasteiger partial charge >= 0.3 is 0 Å². The van der Waals surface area contributed by atoms with E-state index in [4.69, 9.17) is 0 Å². The Morgan fingerprint density at radius 1 is 1.15 bits per heavy atom. The molecule has 0 radical (unpaired) electrons. The van der Waals surface area contributed by atoms with Crippen LogP contribution in [-0.4, -0.2) is 53.9 Å². The minimum atomic E-state index is -0.468. The quantitative estimate of drug-likeness (QED) is 0.834. The zero-order valence-corrected chi connectivity index (χ0v) is 15.0. The van der Waals surface area contributed by atoms with E-state index in [2.05, 4.69) is 10.4 Å². The van der Waals surface area contributed by atoms with E-state index < -0.39 is 6.04 Å². The third-order valence-electron chi connectivity index (χ3n) is 4.75. The molecule has 1 unspecified atom stereocenters. The van der Waals surface area contributed by atoms with Gasteiger partial charge in [0.05, 0.1) is 5.69 Å². The Labute approximate surface area is 153 Å². The molecule has 0 bridgehead atoms. The summed E-state index contributed by atoms with van der Waals surface area (Å²) in [6, 6.07) is 8.86. The van der Waals surface area contributed by atoms with Crippen molar-refractivity contribution in [1.82, 2.24) is 10.2 Å². The van der Waals surface area contributed by atoms with Crippen LogP contribution in [-0.2, 0) is 14.4 Å². The number of carbonyl (C=O) groups is 3. The molecule has 26 heavy (non-hydrogen) atoms. The summed E-state index contributed by atoms with van der Waals surface area (Å²) >= 11 is 0. The highest BCUT2D eigenvalue weighted by atomic mass is 16.2. The number of ketones is 1. The van der Waals surface area contributed by atoms with Gasteiger partial charge in [0.2, 0.25) is 5.91 Å². The first-order valence-corrected chi connectivity index (χ1v) is 9.04. The minimum absolute atomic E-state index is 0.0374. The van der Waals surface area contributed by atoms with Crippen LogP contribution >= 0.6 is 0 Å². The van der Waals surface area contributed by atoms with E-state index in [1.165, 1.54) is 6.92 Å². The lowest BCUT2D eigenvalue weighted by atomic mass is 10.1. The molecule has 0 aliphatic carbocycles. The number of Topliss-reactive ketones (excluding diaryl/α,β-unsaturated/α-hetero) is 1. The zero-order valence-electron chi connectivity index (χ0n) is 15.0. The highest BCUT2D eigenvalue weighted by Gasteiger charge is 2.34. The molecule has 7 nitrogen and oxygen atoms in total. The van der Waals surface area contributed by atoms with Crippen LogP contribution in [0.2, 0.25) is 0 Å². The summed E-state index contributed by atoms with van der Waals surface area (Å²) in [5.41, 5.74) is 1.10. The van der Waals surface area contributed by atoms with Gasteiger partial charge in [-0.15, -0.1) is 0 Å². The molecular formula is C19H24N4O3. The van der Waals surface area contributed by atoms with Crippen molar-refractivity contribution >= 4 is 29.0 Å². The Morgan fingerprint density at radius 3 is 2.50 bits per heavy atom. The summed E-state index contributed by atoms with van der Waals surface area (Å²) in [6.07, 6.45) is 2.67. The number of hydrogen-bond donors (Lipinski definition) is 1. The third kappa shape index (κ3) is 4.09. The number of nitrogens with one attached hydrogen (secondary N) is 1. The number of rotatable bonds is 6. The van der Waals surface area contributed by atoms with Crippen LogP contribution in [0.15, 0.2) is 35.4 Å². The molecule has 3 rings (SSSR count). The first-order valence-electron chi connectivity index (χ1n) is 9.04. The van der Waals surface area contributed by atoms with Gasteiger partial charge in [-0.3, -0.25) is 19.4 Å². The predicted molar refractivity (Wildman–Crippen MR) is 98.9 cm³/mol. The lowest BCUT2D eigenvalue weighted by Crippen LogP contribution is -2.36. The van der Waals surface area contributed by atoms with E-state index in [-0.39, 0.29) is 37.0 Å². The summed E-state index contributed by atoms with van der Waals surface area (Å²) in [7, 11) is 0. The molecule has 2 amide bonds. The van der Waals surface area contributed by atoms with Crippen molar-refractivity contribution in [2.75, 3.05) is 24.6 Å². The molecular weight excluding hydrogens is 332 g/mol. The second kappa shape index (κ2) is 8.12. The van der Waals surface area contributed by atoms with Crippen molar-refractivity contribution < 1.29 is 14.4 Å². The molecule has 1 aromatic rings. The van der Waals surface area contributed by atoms with Gasteiger partial charge in [-0.2, -0.15) is 5.10 Å². The third-order valence-corrected chi connectivity index (χ3v) is 4.75. The fourth-order valence-electron chi connectivity index (χ4n) is 3.29. The van der Waals surface area contributed by atoms with Crippen molar-refractivity contribution in [3.8, 4) is 0 Å². The molecule has 1 saturated heterocycles. The van der Waals surface area contributed by atoms with Crippen molar-refractivity contribution in [1.29, 1.82) is 0 Å². The molecule has 0 aromatic heterocycles. The molecule has 2 aliphatic rings. The lowest BCUT2D eigenvalue weighted by molar-refractivity contribution is -0.130. The van der Waals surface area contributed by atoms with E-state index in [9.17, 15) is 14.4 Å². The van der Waals surface area contributed by atoms with Gasteiger partial charge in [-0.25, -0.2) is 0 Å². The minimum Gasteiger partial charge on any atom is -0.350 e. The van der Waals surface area contributed by atoms with Crippen molar-refractivity contribution in [3.05, 3.63) is 30.3 Å². The molecule has 7 heteroatoms. The maximum absolute atomic E-state index is 12.4. The summed E-state index contributed by atoms with van der Waals surface area (Å²) < 4.78 is 0. The topological polar surface area (TPSA) is 82.1 Å². The maximum Gasteiger partial charge on any atom is 0.267 e. The van der Waals surface area contributed by atoms with Crippen LogP contribution in [0.25, 0.3) is 0 Å². The molecule has 138 valence electrons. The number of hydrogen-bond acceptors (Lipinski definition) is 5. The Balaban J connectivity index is 1.58. The average Bonchev–Trinajstić information content (AvgIpc) is 3.32. The van der Waals surface area contributed by atoms with E-state index >= 15 is 0 Å². The molecule has 0 saturated carbocycles. The lowest BCUT2D eigenvalue weighted by Gasteiger charge is -2.20. The van der Waals surface area contributed by atoms with Crippen molar-refractivity contribution in [2.24, 2.45) is 5.10 Å².